The Balaban J connectivity index is 2.61. The van der Waals surface area contributed by atoms with Gasteiger partial charge in [0.15, 0.2) is 0 Å². The van der Waals surface area contributed by atoms with Gasteiger partial charge in [0.25, 0.3) is 0 Å². The molecule has 0 fully saturated rings. The summed E-state index contributed by atoms with van der Waals surface area (Å²) in [6, 6.07) is 8.92. The van der Waals surface area contributed by atoms with E-state index in [2.05, 4.69) is 5.32 Å². The van der Waals surface area contributed by atoms with Crippen molar-refractivity contribution < 1.29 is 9.90 Å². The van der Waals surface area contributed by atoms with Gasteiger partial charge in [-0.05, 0) is 12.0 Å². The highest BCUT2D eigenvalue weighted by Crippen LogP contribution is 2.20. The molecule has 2 N–H and O–H groups in total. The molecule has 1 rings (SSSR count). The SMILES string of the molecule is CCC(CO)NC(=O)C(Cl)c1ccccc1. The van der Waals surface area contributed by atoms with Crippen LogP contribution in [-0.4, -0.2) is 23.7 Å². The zero-order valence-electron chi connectivity index (χ0n) is 9.19. The Bertz CT molecular complexity index is 325. The molecule has 1 aromatic rings. The van der Waals surface area contributed by atoms with Gasteiger partial charge >= 0.3 is 0 Å². The van der Waals surface area contributed by atoms with Crippen LogP contribution in [0.25, 0.3) is 0 Å². The first-order chi connectivity index (χ1) is 7.69. The topological polar surface area (TPSA) is 49.3 Å². The third-order valence-electron chi connectivity index (χ3n) is 2.38. The number of hydrogen-bond acceptors (Lipinski definition) is 2. The molecular weight excluding hydrogens is 226 g/mol. The molecule has 0 spiro atoms. The predicted molar refractivity (Wildman–Crippen MR) is 64.3 cm³/mol. The number of aliphatic hydroxyl groups excluding tert-OH is 1. The number of halogens is 1. The van der Waals surface area contributed by atoms with Gasteiger partial charge in [-0.3, -0.25) is 4.79 Å². The van der Waals surface area contributed by atoms with E-state index in [4.69, 9.17) is 16.7 Å². The standard InChI is InChI=1S/C12H16ClNO2/c1-2-10(8-15)14-12(16)11(13)9-6-4-3-5-7-9/h3-7,10-11,15H,2,8H2,1H3,(H,14,16). The van der Waals surface area contributed by atoms with E-state index in [1.807, 2.05) is 25.1 Å². The number of carbonyl (C=O) groups is 1. The molecular formula is C12H16ClNO2. The normalized spacial score (nSPS) is 14.2. The molecule has 0 saturated carbocycles. The minimum atomic E-state index is -0.707. The molecule has 4 heteroatoms. The average Bonchev–Trinajstić information content (AvgIpc) is 2.35. The van der Waals surface area contributed by atoms with Crippen molar-refractivity contribution in [2.75, 3.05) is 6.61 Å². The lowest BCUT2D eigenvalue weighted by atomic mass is 10.1. The number of amides is 1. The minimum Gasteiger partial charge on any atom is -0.394 e. The van der Waals surface area contributed by atoms with Crippen molar-refractivity contribution in [2.45, 2.75) is 24.8 Å². The summed E-state index contributed by atoms with van der Waals surface area (Å²) in [6.45, 7) is 1.83. The summed E-state index contributed by atoms with van der Waals surface area (Å²) in [6.07, 6.45) is 0.681. The number of rotatable bonds is 5. The maximum absolute atomic E-state index is 11.7. The summed E-state index contributed by atoms with van der Waals surface area (Å²) in [5, 5.41) is 11.0. The lowest BCUT2D eigenvalue weighted by Gasteiger charge is -2.16. The lowest BCUT2D eigenvalue weighted by molar-refractivity contribution is -0.121. The van der Waals surface area contributed by atoms with Gasteiger partial charge in [-0.1, -0.05) is 37.3 Å². The zero-order chi connectivity index (χ0) is 12.0. The van der Waals surface area contributed by atoms with Crippen LogP contribution >= 0.6 is 11.6 Å². The maximum atomic E-state index is 11.7. The molecule has 0 heterocycles. The highest BCUT2D eigenvalue weighted by molar-refractivity contribution is 6.30. The van der Waals surface area contributed by atoms with Crippen molar-refractivity contribution in [1.29, 1.82) is 0 Å². The molecule has 3 nitrogen and oxygen atoms in total. The summed E-state index contributed by atoms with van der Waals surface area (Å²) in [5.41, 5.74) is 0.759. The minimum absolute atomic E-state index is 0.0688. The Morgan fingerprint density at radius 2 is 2.06 bits per heavy atom. The lowest BCUT2D eigenvalue weighted by Crippen LogP contribution is -2.38. The number of aliphatic hydroxyl groups is 1. The quantitative estimate of drug-likeness (QED) is 0.773. The predicted octanol–water partition coefficient (Wildman–Crippen LogP) is 1.85. The van der Waals surface area contributed by atoms with Crippen LogP contribution in [0.2, 0.25) is 0 Å². The smallest absolute Gasteiger partial charge is 0.242 e. The first-order valence-electron chi connectivity index (χ1n) is 5.29. The zero-order valence-corrected chi connectivity index (χ0v) is 9.95. The molecule has 88 valence electrons. The first kappa shape index (κ1) is 13.0. The third-order valence-corrected chi connectivity index (χ3v) is 2.83. The Labute approximate surface area is 100 Å². The van der Waals surface area contributed by atoms with Crippen LogP contribution in [0.4, 0.5) is 0 Å². The molecule has 1 amide bonds. The Morgan fingerprint density at radius 1 is 1.44 bits per heavy atom. The fourth-order valence-electron chi connectivity index (χ4n) is 1.32. The molecule has 1 aromatic carbocycles. The van der Waals surface area contributed by atoms with Crippen molar-refractivity contribution in [2.24, 2.45) is 0 Å². The summed E-state index contributed by atoms with van der Waals surface area (Å²) >= 11 is 6.02. The second-order valence-electron chi connectivity index (χ2n) is 3.57. The van der Waals surface area contributed by atoms with Crippen LogP contribution in [0.15, 0.2) is 30.3 Å². The van der Waals surface area contributed by atoms with E-state index in [-0.39, 0.29) is 18.6 Å². The Kier molecular flexibility index (Phi) is 5.29. The van der Waals surface area contributed by atoms with Gasteiger partial charge < -0.3 is 10.4 Å². The van der Waals surface area contributed by atoms with E-state index in [1.165, 1.54) is 0 Å². The highest BCUT2D eigenvalue weighted by Gasteiger charge is 2.19. The van der Waals surface area contributed by atoms with Gasteiger partial charge in [0.2, 0.25) is 5.91 Å². The van der Waals surface area contributed by atoms with E-state index >= 15 is 0 Å². The van der Waals surface area contributed by atoms with Gasteiger partial charge in [-0.25, -0.2) is 0 Å². The van der Waals surface area contributed by atoms with E-state index in [0.717, 1.165) is 5.56 Å². The van der Waals surface area contributed by atoms with Crippen molar-refractivity contribution in [1.82, 2.24) is 5.32 Å². The van der Waals surface area contributed by atoms with Gasteiger partial charge in [0, 0.05) is 0 Å². The maximum Gasteiger partial charge on any atom is 0.242 e. The molecule has 0 aromatic heterocycles. The van der Waals surface area contributed by atoms with Crippen LogP contribution in [0.1, 0.15) is 24.3 Å². The van der Waals surface area contributed by atoms with Crippen LogP contribution in [0.5, 0.6) is 0 Å². The average molecular weight is 242 g/mol. The monoisotopic (exact) mass is 241 g/mol. The summed E-state index contributed by atoms with van der Waals surface area (Å²) in [5.74, 6) is -0.270. The third kappa shape index (κ3) is 3.51. The van der Waals surface area contributed by atoms with Gasteiger partial charge in [-0.2, -0.15) is 0 Å². The molecule has 2 unspecified atom stereocenters. The number of benzene rings is 1. The van der Waals surface area contributed by atoms with E-state index in [1.54, 1.807) is 12.1 Å². The summed E-state index contributed by atoms with van der Waals surface area (Å²) in [7, 11) is 0. The number of hydrogen-bond donors (Lipinski definition) is 2. The highest BCUT2D eigenvalue weighted by atomic mass is 35.5. The van der Waals surface area contributed by atoms with Crippen molar-refractivity contribution in [3.05, 3.63) is 35.9 Å². The number of alkyl halides is 1. The van der Waals surface area contributed by atoms with Crippen LogP contribution in [0, 0.1) is 0 Å². The Morgan fingerprint density at radius 3 is 2.56 bits per heavy atom. The molecule has 2 atom stereocenters. The van der Waals surface area contributed by atoms with Gasteiger partial charge in [-0.15, -0.1) is 11.6 Å². The Hall–Kier alpha value is -1.06. The first-order valence-corrected chi connectivity index (χ1v) is 5.73. The molecule has 16 heavy (non-hydrogen) atoms. The van der Waals surface area contributed by atoms with E-state index < -0.39 is 5.38 Å². The molecule has 0 aliphatic rings. The second-order valence-corrected chi connectivity index (χ2v) is 4.01. The van der Waals surface area contributed by atoms with Crippen molar-refractivity contribution >= 4 is 17.5 Å². The number of carbonyl (C=O) groups excluding carboxylic acids is 1. The molecule has 0 aliphatic carbocycles. The molecule has 0 bridgehead atoms. The number of nitrogens with one attached hydrogen (secondary N) is 1. The van der Waals surface area contributed by atoms with E-state index in [9.17, 15) is 4.79 Å². The molecule has 0 radical (unpaired) electrons. The van der Waals surface area contributed by atoms with Crippen molar-refractivity contribution in [3.8, 4) is 0 Å². The van der Waals surface area contributed by atoms with Crippen molar-refractivity contribution in [3.63, 3.8) is 0 Å². The molecule has 0 aliphatic heterocycles. The van der Waals surface area contributed by atoms with E-state index in [0.29, 0.717) is 6.42 Å². The second kappa shape index (κ2) is 6.51. The van der Waals surface area contributed by atoms with Gasteiger partial charge in [0.1, 0.15) is 5.38 Å². The fourth-order valence-corrected chi connectivity index (χ4v) is 1.53. The largest absolute Gasteiger partial charge is 0.394 e. The molecule has 0 saturated heterocycles. The van der Waals surface area contributed by atoms with Crippen LogP contribution in [-0.2, 0) is 4.79 Å². The fraction of sp³-hybridized carbons (Fsp3) is 0.417. The van der Waals surface area contributed by atoms with Crippen LogP contribution < -0.4 is 5.32 Å². The van der Waals surface area contributed by atoms with Crippen LogP contribution in [0.3, 0.4) is 0 Å². The van der Waals surface area contributed by atoms with Gasteiger partial charge in [0.05, 0.1) is 12.6 Å². The summed E-state index contributed by atoms with van der Waals surface area (Å²) < 4.78 is 0. The summed E-state index contributed by atoms with van der Waals surface area (Å²) in [4.78, 5) is 11.7.